The summed E-state index contributed by atoms with van der Waals surface area (Å²) in [5.74, 6) is 1.90. The van der Waals surface area contributed by atoms with Gasteiger partial charge in [-0.15, -0.1) is 0 Å². The van der Waals surface area contributed by atoms with E-state index in [0.29, 0.717) is 12.2 Å². The van der Waals surface area contributed by atoms with Crippen LogP contribution in [0.2, 0.25) is 0 Å². The molecule has 4 aromatic rings. The highest BCUT2D eigenvalue weighted by atomic mass is 16.5. The summed E-state index contributed by atoms with van der Waals surface area (Å²) in [6.45, 7) is 0. The van der Waals surface area contributed by atoms with Crippen molar-refractivity contribution in [1.29, 1.82) is 0 Å². The summed E-state index contributed by atoms with van der Waals surface area (Å²) >= 11 is 0. The highest BCUT2D eigenvalue weighted by Crippen LogP contribution is 2.31. The zero-order valence-corrected chi connectivity index (χ0v) is 16.1. The van der Waals surface area contributed by atoms with Crippen molar-refractivity contribution in [2.24, 2.45) is 0 Å². The number of nitrogens with zero attached hydrogens (tertiary/aromatic N) is 2. The number of pyridine rings is 1. The Morgan fingerprint density at radius 3 is 1.79 bits per heavy atom. The maximum atomic E-state index is 5.87. The van der Waals surface area contributed by atoms with Crippen LogP contribution in [0.4, 0.5) is 0 Å². The molecule has 2 aliphatic rings. The van der Waals surface area contributed by atoms with Crippen molar-refractivity contribution in [3.05, 3.63) is 73.1 Å². The molecule has 2 heterocycles. The van der Waals surface area contributed by atoms with Crippen LogP contribution in [0, 0.1) is 0 Å². The van der Waals surface area contributed by atoms with Gasteiger partial charge in [-0.2, -0.15) is 0 Å². The van der Waals surface area contributed by atoms with Gasteiger partial charge in [0.05, 0.1) is 24.1 Å². The smallest absolute Gasteiger partial charge is 0.137 e. The fourth-order valence-electron chi connectivity index (χ4n) is 3.55. The van der Waals surface area contributed by atoms with Crippen molar-refractivity contribution < 1.29 is 9.47 Å². The molecule has 2 aromatic heterocycles. The number of hydrogen-bond donors (Lipinski definition) is 0. The highest BCUT2D eigenvalue weighted by molar-refractivity contribution is 5.69. The summed E-state index contributed by atoms with van der Waals surface area (Å²) in [5, 5.41) is 0. The summed E-state index contributed by atoms with van der Waals surface area (Å²) in [5.41, 5.74) is 5.47. The number of ether oxygens (including phenoxy) is 2. The quantitative estimate of drug-likeness (QED) is 0.426. The molecule has 2 saturated carbocycles. The van der Waals surface area contributed by atoms with Gasteiger partial charge in [0, 0.05) is 11.8 Å². The fourth-order valence-corrected chi connectivity index (χ4v) is 3.55. The van der Waals surface area contributed by atoms with Crippen LogP contribution in [0.1, 0.15) is 25.7 Å². The maximum Gasteiger partial charge on any atom is 0.137 e. The lowest BCUT2D eigenvalue weighted by molar-refractivity contribution is 0.303. The highest BCUT2D eigenvalue weighted by Gasteiger charge is 2.24. The summed E-state index contributed by atoms with van der Waals surface area (Å²) in [6, 6.07) is 20.9. The molecule has 0 N–H and O–H groups in total. The second-order valence-corrected chi connectivity index (χ2v) is 7.97. The van der Waals surface area contributed by atoms with Gasteiger partial charge in [-0.25, -0.2) is 4.98 Å². The molecular formula is C25H22N2O2. The van der Waals surface area contributed by atoms with Crippen LogP contribution >= 0.6 is 0 Å². The molecule has 0 unspecified atom stereocenters. The molecule has 2 aliphatic carbocycles. The lowest BCUT2D eigenvalue weighted by Gasteiger charge is -2.09. The van der Waals surface area contributed by atoms with Crippen LogP contribution < -0.4 is 9.47 Å². The molecule has 4 heteroatoms. The van der Waals surface area contributed by atoms with Crippen molar-refractivity contribution in [3.63, 3.8) is 0 Å². The van der Waals surface area contributed by atoms with Crippen LogP contribution in [-0.2, 0) is 0 Å². The third-order valence-electron chi connectivity index (χ3n) is 5.50. The van der Waals surface area contributed by atoms with E-state index in [4.69, 9.17) is 9.47 Å². The topological polar surface area (TPSA) is 35.8 Å². The number of rotatable bonds is 6. The molecule has 4 nitrogen and oxygen atoms in total. The number of fused-ring (bicyclic) bond motifs is 1. The first-order chi connectivity index (χ1) is 14.3. The molecule has 2 aromatic carbocycles. The first-order valence-electron chi connectivity index (χ1n) is 10.3. The van der Waals surface area contributed by atoms with Crippen molar-refractivity contribution in [3.8, 4) is 33.9 Å². The second kappa shape index (κ2) is 6.66. The second-order valence-electron chi connectivity index (χ2n) is 7.97. The van der Waals surface area contributed by atoms with Crippen molar-refractivity contribution in [1.82, 2.24) is 9.38 Å². The summed E-state index contributed by atoms with van der Waals surface area (Å²) < 4.78 is 13.9. The Labute approximate surface area is 169 Å². The number of imidazole rings is 1. The molecule has 29 heavy (non-hydrogen) atoms. The fraction of sp³-hybridized carbons (Fsp3) is 0.240. The maximum absolute atomic E-state index is 5.87. The van der Waals surface area contributed by atoms with E-state index in [-0.39, 0.29) is 0 Å². The van der Waals surface area contributed by atoms with E-state index in [1.165, 1.54) is 31.2 Å². The Morgan fingerprint density at radius 2 is 1.21 bits per heavy atom. The van der Waals surface area contributed by atoms with E-state index in [1.807, 2.05) is 6.20 Å². The van der Waals surface area contributed by atoms with Crippen LogP contribution in [0.3, 0.4) is 0 Å². The average molecular weight is 382 g/mol. The first-order valence-corrected chi connectivity index (χ1v) is 10.3. The van der Waals surface area contributed by atoms with E-state index in [1.54, 1.807) is 0 Å². The monoisotopic (exact) mass is 382 g/mol. The molecule has 2 fully saturated rings. The minimum atomic E-state index is 0.417. The lowest BCUT2D eigenvalue weighted by atomic mass is 10.1. The molecule has 0 bridgehead atoms. The predicted molar refractivity (Wildman–Crippen MR) is 113 cm³/mol. The molecule has 144 valence electrons. The number of hydrogen-bond acceptors (Lipinski definition) is 3. The lowest BCUT2D eigenvalue weighted by Crippen LogP contribution is -1.96. The van der Waals surface area contributed by atoms with Gasteiger partial charge in [0.2, 0.25) is 0 Å². The van der Waals surface area contributed by atoms with Gasteiger partial charge in [0.1, 0.15) is 17.1 Å². The first kappa shape index (κ1) is 16.7. The summed E-state index contributed by atoms with van der Waals surface area (Å²) in [7, 11) is 0. The normalized spacial score (nSPS) is 16.1. The summed E-state index contributed by atoms with van der Waals surface area (Å²) in [4.78, 5) is 4.58. The van der Waals surface area contributed by atoms with Gasteiger partial charge in [-0.3, -0.25) is 4.40 Å². The van der Waals surface area contributed by atoms with Crippen LogP contribution in [-0.4, -0.2) is 21.6 Å². The van der Waals surface area contributed by atoms with Gasteiger partial charge >= 0.3 is 0 Å². The van der Waals surface area contributed by atoms with E-state index in [0.717, 1.165) is 34.0 Å². The Morgan fingerprint density at radius 1 is 0.655 bits per heavy atom. The Kier molecular flexibility index (Phi) is 3.83. The van der Waals surface area contributed by atoms with Gasteiger partial charge in [0.15, 0.2) is 0 Å². The van der Waals surface area contributed by atoms with Crippen LogP contribution in [0.25, 0.3) is 28.0 Å². The molecular weight excluding hydrogens is 360 g/mol. The molecule has 0 saturated heterocycles. The molecule has 6 rings (SSSR count). The predicted octanol–water partition coefficient (Wildman–Crippen LogP) is 5.75. The minimum Gasteiger partial charge on any atom is -0.490 e. The molecule has 0 atom stereocenters. The van der Waals surface area contributed by atoms with E-state index < -0.39 is 0 Å². The Balaban J connectivity index is 1.30. The zero-order valence-electron chi connectivity index (χ0n) is 16.1. The van der Waals surface area contributed by atoms with Crippen LogP contribution in [0.15, 0.2) is 73.1 Å². The van der Waals surface area contributed by atoms with Gasteiger partial charge in [-0.1, -0.05) is 12.1 Å². The number of benzene rings is 2. The molecule has 0 spiro atoms. The standard InChI is InChI=1S/C25H22N2O2/c1-6-20(28-22-10-11-22)7-2-17(1)19-5-14-25-26-15-24(27(25)16-19)18-3-8-21(9-4-18)29-23-12-13-23/h1-9,14-16,22-23H,10-13H2. The van der Waals surface area contributed by atoms with Crippen LogP contribution in [0.5, 0.6) is 11.5 Å². The number of aromatic nitrogens is 2. The zero-order chi connectivity index (χ0) is 19.2. The molecule has 0 radical (unpaired) electrons. The minimum absolute atomic E-state index is 0.417. The largest absolute Gasteiger partial charge is 0.490 e. The van der Waals surface area contributed by atoms with Crippen molar-refractivity contribution in [2.75, 3.05) is 0 Å². The van der Waals surface area contributed by atoms with E-state index in [9.17, 15) is 0 Å². The third-order valence-corrected chi connectivity index (χ3v) is 5.50. The molecule has 0 aliphatic heterocycles. The van der Waals surface area contributed by atoms with Gasteiger partial charge < -0.3 is 9.47 Å². The van der Waals surface area contributed by atoms with E-state index in [2.05, 4.69) is 76.2 Å². The van der Waals surface area contributed by atoms with Crippen molar-refractivity contribution >= 4 is 5.65 Å². The average Bonchev–Trinajstić information content (AvgIpc) is 3.69. The van der Waals surface area contributed by atoms with Gasteiger partial charge in [0.25, 0.3) is 0 Å². The summed E-state index contributed by atoms with van der Waals surface area (Å²) in [6.07, 6.45) is 9.63. The Bertz CT molecular complexity index is 1150. The van der Waals surface area contributed by atoms with Crippen molar-refractivity contribution in [2.45, 2.75) is 37.9 Å². The van der Waals surface area contributed by atoms with Gasteiger partial charge in [-0.05, 0) is 85.3 Å². The SMILES string of the molecule is c1cc(-c2ccc3ncc(-c4ccc(OC5CC5)cc4)n3c2)ccc1OC1CC1. The Hall–Kier alpha value is -3.27. The van der Waals surface area contributed by atoms with E-state index >= 15 is 0 Å². The molecule has 0 amide bonds. The third kappa shape index (κ3) is 3.46.